The van der Waals surface area contributed by atoms with E-state index in [0.717, 1.165) is 70.5 Å². The number of benzene rings is 3. The Kier molecular flexibility index (Phi) is 10.4. The summed E-state index contributed by atoms with van der Waals surface area (Å²) in [5.74, 6) is -0.637. The Balaban J connectivity index is 1.72. The fourth-order valence-electron chi connectivity index (χ4n) is 5.48. The molecule has 1 atom stereocenters. The Morgan fingerprint density at radius 3 is 2.14 bits per heavy atom. The second-order valence-corrected chi connectivity index (χ2v) is 13.5. The van der Waals surface area contributed by atoms with E-state index in [1.165, 1.54) is 0 Å². The molecular formula is C34H43N3O4S. The van der Waals surface area contributed by atoms with Gasteiger partial charge in [-0.3, -0.25) is 13.9 Å². The van der Waals surface area contributed by atoms with E-state index in [-0.39, 0.29) is 18.5 Å². The van der Waals surface area contributed by atoms with Crippen LogP contribution in [0.3, 0.4) is 0 Å². The highest BCUT2D eigenvalue weighted by Gasteiger charge is 2.34. The van der Waals surface area contributed by atoms with Gasteiger partial charge < -0.3 is 10.2 Å². The second kappa shape index (κ2) is 14.0. The van der Waals surface area contributed by atoms with Crippen molar-refractivity contribution in [3.8, 4) is 0 Å². The van der Waals surface area contributed by atoms with Gasteiger partial charge in [-0.1, -0.05) is 85.5 Å². The lowest BCUT2D eigenvalue weighted by Gasteiger charge is -2.35. The van der Waals surface area contributed by atoms with Crippen LogP contribution in [0, 0.1) is 20.8 Å². The molecule has 2 amide bonds. The molecule has 0 unspecified atom stereocenters. The first kappa shape index (κ1) is 31.3. The highest BCUT2D eigenvalue weighted by atomic mass is 32.2. The van der Waals surface area contributed by atoms with E-state index in [1.54, 1.807) is 17.0 Å². The van der Waals surface area contributed by atoms with Crippen molar-refractivity contribution in [3.05, 3.63) is 101 Å². The first-order valence-corrected chi connectivity index (χ1v) is 16.6. The third-order valence-corrected chi connectivity index (χ3v) is 9.29. The zero-order valence-electron chi connectivity index (χ0n) is 25.2. The minimum absolute atomic E-state index is 0.0731. The summed E-state index contributed by atoms with van der Waals surface area (Å²) in [4.78, 5) is 29.8. The maximum atomic E-state index is 14.3. The van der Waals surface area contributed by atoms with Gasteiger partial charge in [-0.25, -0.2) is 8.42 Å². The summed E-state index contributed by atoms with van der Waals surface area (Å²) in [7, 11) is -3.80. The summed E-state index contributed by atoms with van der Waals surface area (Å²) < 4.78 is 27.2. The third kappa shape index (κ3) is 8.44. The smallest absolute Gasteiger partial charge is 0.244 e. The lowest BCUT2D eigenvalue weighted by atomic mass is 9.94. The van der Waals surface area contributed by atoms with Crippen LogP contribution in [0.25, 0.3) is 0 Å². The van der Waals surface area contributed by atoms with Crippen LogP contribution in [0.5, 0.6) is 0 Å². The molecule has 1 N–H and O–H groups in total. The predicted octanol–water partition coefficient (Wildman–Crippen LogP) is 5.47. The Labute approximate surface area is 251 Å². The highest BCUT2D eigenvalue weighted by molar-refractivity contribution is 7.92. The van der Waals surface area contributed by atoms with Crippen molar-refractivity contribution in [2.45, 2.75) is 77.9 Å². The Morgan fingerprint density at radius 1 is 0.857 bits per heavy atom. The van der Waals surface area contributed by atoms with E-state index < -0.39 is 28.5 Å². The van der Waals surface area contributed by atoms with Gasteiger partial charge in [0.1, 0.15) is 12.6 Å². The zero-order chi connectivity index (χ0) is 30.3. The Bertz CT molecular complexity index is 1470. The molecule has 224 valence electrons. The molecule has 1 fully saturated rings. The molecule has 0 heterocycles. The van der Waals surface area contributed by atoms with Crippen LogP contribution in [0.15, 0.2) is 72.8 Å². The third-order valence-electron chi connectivity index (χ3n) is 8.15. The molecule has 1 aliphatic carbocycles. The Morgan fingerprint density at radius 2 is 1.52 bits per heavy atom. The lowest BCUT2D eigenvalue weighted by Crippen LogP contribution is -2.55. The topological polar surface area (TPSA) is 86.8 Å². The molecule has 1 aliphatic rings. The lowest BCUT2D eigenvalue weighted by molar-refractivity contribution is -0.140. The molecule has 3 aromatic rings. The minimum atomic E-state index is -3.80. The van der Waals surface area contributed by atoms with Gasteiger partial charge >= 0.3 is 0 Å². The largest absolute Gasteiger partial charge is 0.352 e. The molecule has 3 aromatic carbocycles. The molecular weight excluding hydrogens is 546 g/mol. The van der Waals surface area contributed by atoms with Gasteiger partial charge in [0.05, 0.1) is 11.9 Å². The number of rotatable bonds is 11. The summed E-state index contributed by atoms with van der Waals surface area (Å²) in [5.41, 5.74) is 5.27. The SMILES string of the molecule is Cc1ccc(CN(C(=O)CN(c2ccc(C)c(C)c2)S(C)(=O)=O)[C@H](Cc2ccccc2)C(=O)NC2CCCCC2)cc1. The highest BCUT2D eigenvalue weighted by Crippen LogP contribution is 2.24. The zero-order valence-corrected chi connectivity index (χ0v) is 26.0. The number of anilines is 1. The van der Waals surface area contributed by atoms with E-state index in [4.69, 9.17) is 0 Å². The van der Waals surface area contributed by atoms with Gasteiger partial charge in [0.25, 0.3) is 0 Å². The van der Waals surface area contributed by atoms with Crippen LogP contribution in [0.1, 0.15) is 59.9 Å². The number of nitrogens with zero attached hydrogens (tertiary/aromatic N) is 2. The standard InChI is InChI=1S/C34H43N3O4S/c1-25-15-18-29(19-16-25)23-36(33(38)24-37(42(4,40)41)31-20-17-26(2)27(3)21-31)32(22-28-11-7-5-8-12-28)34(39)35-30-13-9-6-10-14-30/h5,7-8,11-12,15-21,30,32H,6,9-10,13-14,22-24H2,1-4H3,(H,35,39)/t32-/m1/s1. The number of nitrogens with one attached hydrogen (secondary N) is 1. The number of aryl methyl sites for hydroxylation is 3. The van der Waals surface area contributed by atoms with Crippen molar-refractivity contribution in [2.24, 2.45) is 0 Å². The van der Waals surface area contributed by atoms with E-state index >= 15 is 0 Å². The molecule has 0 bridgehead atoms. The van der Waals surface area contributed by atoms with Gasteiger partial charge in [-0.15, -0.1) is 0 Å². The summed E-state index contributed by atoms with van der Waals surface area (Å²) in [6.07, 6.45) is 6.57. The molecule has 0 aliphatic heterocycles. The molecule has 0 saturated heterocycles. The predicted molar refractivity (Wildman–Crippen MR) is 169 cm³/mol. The van der Waals surface area contributed by atoms with E-state index in [0.29, 0.717) is 12.1 Å². The monoisotopic (exact) mass is 589 g/mol. The van der Waals surface area contributed by atoms with Crippen molar-refractivity contribution < 1.29 is 18.0 Å². The van der Waals surface area contributed by atoms with Gasteiger partial charge in [0.15, 0.2) is 0 Å². The van der Waals surface area contributed by atoms with Crippen LogP contribution >= 0.6 is 0 Å². The molecule has 7 nitrogen and oxygen atoms in total. The first-order valence-electron chi connectivity index (χ1n) is 14.8. The van der Waals surface area contributed by atoms with Crippen LogP contribution in [0.4, 0.5) is 5.69 Å². The summed E-state index contributed by atoms with van der Waals surface area (Å²) in [6, 6.07) is 22.1. The number of hydrogen-bond donors (Lipinski definition) is 1. The van der Waals surface area contributed by atoms with Crippen molar-refractivity contribution in [3.63, 3.8) is 0 Å². The van der Waals surface area contributed by atoms with Crippen molar-refractivity contribution >= 4 is 27.5 Å². The number of hydrogen-bond acceptors (Lipinski definition) is 4. The molecule has 0 radical (unpaired) electrons. The van der Waals surface area contributed by atoms with Gasteiger partial charge in [0, 0.05) is 19.0 Å². The van der Waals surface area contributed by atoms with Crippen LogP contribution < -0.4 is 9.62 Å². The number of amides is 2. The molecule has 0 spiro atoms. The number of carbonyl (C=O) groups excluding carboxylic acids is 2. The van der Waals surface area contributed by atoms with Gasteiger partial charge in [-0.2, -0.15) is 0 Å². The minimum Gasteiger partial charge on any atom is -0.352 e. The van der Waals surface area contributed by atoms with Crippen molar-refractivity contribution in [1.29, 1.82) is 0 Å². The molecule has 42 heavy (non-hydrogen) atoms. The molecule has 1 saturated carbocycles. The number of carbonyl (C=O) groups is 2. The average molecular weight is 590 g/mol. The van der Waals surface area contributed by atoms with E-state index in [2.05, 4.69) is 5.32 Å². The van der Waals surface area contributed by atoms with E-state index in [1.807, 2.05) is 81.4 Å². The normalized spacial score (nSPS) is 14.7. The Hall–Kier alpha value is -3.65. The summed E-state index contributed by atoms with van der Waals surface area (Å²) in [5, 5.41) is 3.23. The molecule has 8 heteroatoms. The van der Waals surface area contributed by atoms with Crippen LogP contribution in [-0.4, -0.2) is 50.0 Å². The quantitative estimate of drug-likeness (QED) is 0.322. The average Bonchev–Trinajstić information content (AvgIpc) is 2.96. The molecule has 4 rings (SSSR count). The molecule has 0 aromatic heterocycles. The van der Waals surface area contributed by atoms with E-state index in [9.17, 15) is 18.0 Å². The maximum absolute atomic E-state index is 14.3. The first-order chi connectivity index (χ1) is 20.0. The summed E-state index contributed by atoms with van der Waals surface area (Å²) in [6.45, 7) is 5.64. The van der Waals surface area contributed by atoms with Crippen LogP contribution in [-0.2, 0) is 32.6 Å². The van der Waals surface area contributed by atoms with Crippen molar-refractivity contribution in [1.82, 2.24) is 10.2 Å². The maximum Gasteiger partial charge on any atom is 0.244 e. The van der Waals surface area contributed by atoms with Gasteiger partial charge in [0.2, 0.25) is 21.8 Å². The second-order valence-electron chi connectivity index (χ2n) is 11.6. The fourth-order valence-corrected chi connectivity index (χ4v) is 6.32. The van der Waals surface area contributed by atoms with Crippen molar-refractivity contribution in [2.75, 3.05) is 17.1 Å². The summed E-state index contributed by atoms with van der Waals surface area (Å²) >= 11 is 0. The fraction of sp³-hybridized carbons (Fsp3) is 0.412. The van der Waals surface area contributed by atoms with Gasteiger partial charge in [-0.05, 0) is 68.0 Å². The number of sulfonamides is 1. The van der Waals surface area contributed by atoms with Crippen LogP contribution in [0.2, 0.25) is 0 Å².